The van der Waals surface area contributed by atoms with Gasteiger partial charge in [-0.15, -0.1) is 0 Å². The van der Waals surface area contributed by atoms with Gasteiger partial charge in [0.15, 0.2) is 0 Å². The van der Waals surface area contributed by atoms with Crippen molar-refractivity contribution in [2.45, 2.75) is 131 Å². The predicted molar refractivity (Wildman–Crippen MR) is 137 cm³/mol. The van der Waals surface area contributed by atoms with Gasteiger partial charge in [0, 0.05) is 11.1 Å². The Bertz CT molecular complexity index is 494. The second-order valence-electron chi connectivity index (χ2n) is 8.46. The molecule has 0 saturated heterocycles. The predicted octanol–water partition coefficient (Wildman–Crippen LogP) is 8.49. The number of unbranched alkanes of at least 4 members (excludes halogenated alkanes) is 12. The lowest BCUT2D eigenvalue weighted by atomic mass is 10.1. The lowest BCUT2D eigenvalue weighted by Crippen LogP contribution is -2.08. The highest BCUT2D eigenvalue weighted by molar-refractivity contribution is 5.88. The minimum absolute atomic E-state index is 0.147. The van der Waals surface area contributed by atoms with Gasteiger partial charge in [-0.05, 0) is 33.1 Å². The van der Waals surface area contributed by atoms with E-state index in [-0.39, 0.29) is 11.9 Å². The molecule has 0 aromatic rings. The Balaban J connectivity index is 0. The van der Waals surface area contributed by atoms with Crippen LogP contribution in [0, 0.1) is 0 Å². The molecule has 4 heteroatoms. The molecule has 32 heavy (non-hydrogen) atoms. The molecule has 4 nitrogen and oxygen atoms in total. The average Bonchev–Trinajstić information content (AvgIpc) is 2.78. The maximum atomic E-state index is 11.3. The second kappa shape index (κ2) is 25.7. The zero-order valence-electron chi connectivity index (χ0n) is 21.9. The first-order valence-electron chi connectivity index (χ1n) is 13.1. The third kappa shape index (κ3) is 23.1. The molecule has 0 fully saturated rings. The lowest BCUT2D eigenvalue weighted by Gasteiger charge is -2.05. The summed E-state index contributed by atoms with van der Waals surface area (Å²) in [5, 5.41) is 0. The number of hydrogen-bond acceptors (Lipinski definition) is 4. The number of rotatable bonds is 19. The summed E-state index contributed by atoms with van der Waals surface area (Å²) >= 11 is 0. The molecule has 0 spiro atoms. The van der Waals surface area contributed by atoms with E-state index in [1.165, 1.54) is 70.6 Å². The highest BCUT2D eigenvalue weighted by atomic mass is 16.5. The van der Waals surface area contributed by atoms with Crippen LogP contribution in [-0.4, -0.2) is 25.2 Å². The van der Waals surface area contributed by atoms with Crippen LogP contribution in [0.25, 0.3) is 0 Å². The number of esters is 2. The van der Waals surface area contributed by atoms with Gasteiger partial charge in [-0.3, -0.25) is 0 Å². The monoisotopic (exact) mass is 452 g/mol. The van der Waals surface area contributed by atoms with Crippen molar-refractivity contribution >= 4 is 11.9 Å². The van der Waals surface area contributed by atoms with Crippen molar-refractivity contribution in [3.63, 3.8) is 0 Å². The van der Waals surface area contributed by atoms with Crippen LogP contribution in [0.3, 0.4) is 0 Å². The van der Waals surface area contributed by atoms with Crippen LogP contribution in [-0.2, 0) is 19.1 Å². The zero-order chi connectivity index (χ0) is 24.5. The van der Waals surface area contributed by atoms with E-state index in [4.69, 9.17) is 9.47 Å². The van der Waals surface area contributed by atoms with Crippen LogP contribution in [0.2, 0.25) is 0 Å². The zero-order valence-corrected chi connectivity index (χ0v) is 21.9. The maximum Gasteiger partial charge on any atom is 0.333 e. The van der Waals surface area contributed by atoms with Crippen molar-refractivity contribution in [1.82, 2.24) is 0 Å². The van der Waals surface area contributed by atoms with Gasteiger partial charge in [0.1, 0.15) is 0 Å². The first kappa shape index (κ1) is 32.6. The number of ether oxygens (including phenoxy) is 2. The van der Waals surface area contributed by atoms with Crippen molar-refractivity contribution in [1.29, 1.82) is 0 Å². The number of allylic oxidation sites excluding steroid dienone is 1. The van der Waals surface area contributed by atoms with E-state index in [1.54, 1.807) is 6.92 Å². The van der Waals surface area contributed by atoms with Crippen molar-refractivity contribution in [3.8, 4) is 0 Å². The fourth-order valence-electron chi connectivity index (χ4n) is 3.13. The fraction of sp³-hybridized carbons (Fsp3) is 0.786. The van der Waals surface area contributed by atoms with Crippen LogP contribution < -0.4 is 0 Å². The quantitative estimate of drug-likeness (QED) is 0.112. The molecule has 0 saturated carbocycles. The molecule has 0 amide bonds. The molecule has 0 atom stereocenters. The van der Waals surface area contributed by atoms with Gasteiger partial charge in [-0.1, -0.05) is 110 Å². The van der Waals surface area contributed by atoms with E-state index in [1.807, 2.05) is 19.9 Å². The first-order chi connectivity index (χ1) is 15.4. The molecule has 0 rings (SSSR count). The molecular weight excluding hydrogens is 400 g/mol. The summed E-state index contributed by atoms with van der Waals surface area (Å²) in [7, 11) is 0. The lowest BCUT2D eigenvalue weighted by molar-refractivity contribution is -0.140. The van der Waals surface area contributed by atoms with Gasteiger partial charge in [-0.25, -0.2) is 9.59 Å². The van der Waals surface area contributed by atoms with Crippen LogP contribution in [0.5, 0.6) is 0 Å². The molecule has 0 bridgehead atoms. The standard InChI is InChI=1S/C16H30O2.C12H22O2/c1-4-5-6-7-8-9-10-11-12-13-14-18-16(17)15(2)3;1-4-7-8-9-10-14-12(13)11(5-2)6-3/h2,4-14H2,1,3H3;5H,4,6-10H2,1-3H3. The van der Waals surface area contributed by atoms with Crippen LogP contribution >= 0.6 is 0 Å². The Morgan fingerprint density at radius 1 is 0.656 bits per heavy atom. The Morgan fingerprint density at radius 3 is 1.41 bits per heavy atom. The minimum Gasteiger partial charge on any atom is -0.462 e. The number of hydrogen-bond donors (Lipinski definition) is 0. The number of carbonyl (C=O) groups is 2. The Morgan fingerprint density at radius 2 is 1.03 bits per heavy atom. The fourth-order valence-corrected chi connectivity index (χ4v) is 3.13. The van der Waals surface area contributed by atoms with E-state index >= 15 is 0 Å². The molecule has 0 radical (unpaired) electrons. The van der Waals surface area contributed by atoms with Gasteiger partial charge < -0.3 is 9.47 Å². The minimum atomic E-state index is -0.258. The van der Waals surface area contributed by atoms with Crippen LogP contribution in [0.1, 0.15) is 131 Å². The molecule has 0 heterocycles. The van der Waals surface area contributed by atoms with E-state index in [0.29, 0.717) is 18.8 Å². The SMILES string of the molecule is C=C(C)C(=O)OCCCCCCCCCCCC.CC=C(CC)C(=O)OCCCCCC. The van der Waals surface area contributed by atoms with E-state index in [0.717, 1.165) is 31.3 Å². The second-order valence-corrected chi connectivity index (χ2v) is 8.46. The molecule has 0 aliphatic heterocycles. The normalized spacial score (nSPS) is 10.8. The van der Waals surface area contributed by atoms with E-state index < -0.39 is 0 Å². The summed E-state index contributed by atoms with van der Waals surface area (Å²) in [6, 6.07) is 0. The summed E-state index contributed by atoms with van der Waals surface area (Å²) in [6.45, 7) is 14.6. The third-order valence-corrected chi connectivity index (χ3v) is 5.30. The average molecular weight is 453 g/mol. The Kier molecular flexibility index (Phi) is 26.2. The number of carbonyl (C=O) groups excluding carboxylic acids is 2. The van der Waals surface area contributed by atoms with Gasteiger partial charge in [0.2, 0.25) is 0 Å². The highest BCUT2D eigenvalue weighted by Crippen LogP contribution is 2.10. The molecular formula is C28H52O4. The smallest absolute Gasteiger partial charge is 0.333 e. The van der Waals surface area contributed by atoms with Gasteiger partial charge in [0.05, 0.1) is 13.2 Å². The molecule has 0 N–H and O–H groups in total. The summed E-state index contributed by atoms with van der Waals surface area (Å²) in [5.74, 6) is -0.405. The Labute approximate surface area is 199 Å². The molecule has 188 valence electrons. The largest absolute Gasteiger partial charge is 0.462 e. The van der Waals surface area contributed by atoms with Gasteiger partial charge >= 0.3 is 11.9 Å². The van der Waals surface area contributed by atoms with E-state index in [2.05, 4.69) is 20.4 Å². The molecule has 0 aliphatic carbocycles. The molecule has 0 aromatic carbocycles. The topological polar surface area (TPSA) is 52.6 Å². The van der Waals surface area contributed by atoms with Gasteiger partial charge in [-0.2, -0.15) is 0 Å². The van der Waals surface area contributed by atoms with Crippen molar-refractivity contribution in [2.24, 2.45) is 0 Å². The molecule has 0 aliphatic rings. The van der Waals surface area contributed by atoms with Crippen LogP contribution in [0.15, 0.2) is 23.8 Å². The van der Waals surface area contributed by atoms with Crippen molar-refractivity contribution < 1.29 is 19.1 Å². The highest BCUT2D eigenvalue weighted by Gasteiger charge is 2.06. The summed E-state index contributed by atoms with van der Waals surface area (Å²) in [4.78, 5) is 22.4. The summed E-state index contributed by atoms with van der Waals surface area (Å²) < 4.78 is 10.2. The van der Waals surface area contributed by atoms with E-state index in [9.17, 15) is 9.59 Å². The van der Waals surface area contributed by atoms with Gasteiger partial charge in [0.25, 0.3) is 0 Å². The third-order valence-electron chi connectivity index (χ3n) is 5.30. The summed E-state index contributed by atoms with van der Waals surface area (Å²) in [5.41, 5.74) is 1.27. The summed E-state index contributed by atoms with van der Waals surface area (Å²) in [6.07, 6.45) is 20.1. The molecule has 0 aromatic heterocycles. The van der Waals surface area contributed by atoms with Crippen molar-refractivity contribution in [3.05, 3.63) is 23.8 Å². The maximum absolute atomic E-state index is 11.3. The first-order valence-corrected chi connectivity index (χ1v) is 13.1. The Hall–Kier alpha value is -1.58. The van der Waals surface area contributed by atoms with Crippen LogP contribution in [0.4, 0.5) is 0 Å². The van der Waals surface area contributed by atoms with Crippen molar-refractivity contribution in [2.75, 3.05) is 13.2 Å². The molecule has 0 unspecified atom stereocenters.